The molecule has 1 atom stereocenters. The van der Waals surface area contributed by atoms with E-state index in [-0.39, 0.29) is 6.10 Å². The lowest BCUT2D eigenvalue weighted by Gasteiger charge is -2.31. The molecule has 0 bridgehead atoms. The van der Waals surface area contributed by atoms with Gasteiger partial charge in [-0.3, -0.25) is 0 Å². The second-order valence-corrected chi connectivity index (χ2v) is 7.21. The Labute approximate surface area is 138 Å². The third kappa shape index (κ3) is 4.87. The van der Waals surface area contributed by atoms with Crippen LogP contribution in [0.15, 0.2) is 18.2 Å². The van der Waals surface area contributed by atoms with Crippen molar-refractivity contribution in [2.45, 2.75) is 64.4 Å². The van der Waals surface area contributed by atoms with Gasteiger partial charge in [-0.1, -0.05) is 68.3 Å². The second kappa shape index (κ2) is 8.41. The van der Waals surface area contributed by atoms with Crippen LogP contribution in [0.4, 0.5) is 0 Å². The van der Waals surface area contributed by atoms with Crippen molar-refractivity contribution in [1.82, 2.24) is 0 Å². The van der Waals surface area contributed by atoms with Gasteiger partial charge >= 0.3 is 0 Å². The maximum atomic E-state index is 10.5. The fourth-order valence-corrected chi connectivity index (χ4v) is 4.01. The minimum atomic E-state index is -0.325. The summed E-state index contributed by atoms with van der Waals surface area (Å²) in [7, 11) is 0. The topological polar surface area (TPSA) is 20.2 Å². The van der Waals surface area contributed by atoms with Gasteiger partial charge in [0.1, 0.15) is 0 Å². The Kier molecular flexibility index (Phi) is 6.85. The average Bonchev–Trinajstić information content (AvgIpc) is 2.49. The lowest BCUT2D eigenvalue weighted by atomic mass is 9.76. The van der Waals surface area contributed by atoms with Crippen LogP contribution < -0.4 is 0 Å². The molecule has 1 saturated carbocycles. The zero-order valence-corrected chi connectivity index (χ0v) is 14.3. The van der Waals surface area contributed by atoms with Crippen molar-refractivity contribution in [3.63, 3.8) is 0 Å². The van der Waals surface area contributed by atoms with E-state index in [4.69, 9.17) is 23.2 Å². The van der Waals surface area contributed by atoms with Crippen LogP contribution in [0.3, 0.4) is 0 Å². The van der Waals surface area contributed by atoms with Gasteiger partial charge in [0.25, 0.3) is 0 Å². The number of halogens is 2. The summed E-state index contributed by atoms with van der Waals surface area (Å²) in [6.07, 6.45) is 9.03. The van der Waals surface area contributed by atoms with E-state index < -0.39 is 0 Å². The third-order valence-electron chi connectivity index (χ3n) is 4.88. The van der Waals surface area contributed by atoms with Crippen molar-refractivity contribution in [3.8, 4) is 0 Å². The van der Waals surface area contributed by atoms with Crippen molar-refractivity contribution in [1.29, 1.82) is 0 Å². The molecule has 1 N–H and O–H groups in total. The van der Waals surface area contributed by atoms with Gasteiger partial charge in [-0.25, -0.2) is 0 Å². The summed E-state index contributed by atoms with van der Waals surface area (Å²) >= 11 is 12.4. The maximum absolute atomic E-state index is 10.5. The Morgan fingerprint density at radius 2 is 1.76 bits per heavy atom. The van der Waals surface area contributed by atoms with Crippen molar-refractivity contribution < 1.29 is 5.11 Å². The molecule has 1 aromatic carbocycles. The van der Waals surface area contributed by atoms with Gasteiger partial charge < -0.3 is 5.11 Å². The first-order chi connectivity index (χ1) is 10.1. The van der Waals surface area contributed by atoms with Crippen LogP contribution in [0.1, 0.15) is 57.4 Å². The lowest BCUT2D eigenvalue weighted by Crippen LogP contribution is -2.27. The molecular formula is C18H26Cl2O. The van der Waals surface area contributed by atoms with Crippen LogP contribution in [0.2, 0.25) is 10.0 Å². The molecule has 1 nitrogen and oxygen atoms in total. The van der Waals surface area contributed by atoms with Crippen LogP contribution in [0.5, 0.6) is 0 Å². The molecule has 0 amide bonds. The van der Waals surface area contributed by atoms with Crippen LogP contribution >= 0.6 is 23.2 Å². The quantitative estimate of drug-likeness (QED) is 0.689. The lowest BCUT2D eigenvalue weighted by molar-refractivity contribution is 0.0726. The maximum Gasteiger partial charge on any atom is 0.0609 e. The molecule has 0 saturated heterocycles. The second-order valence-electron chi connectivity index (χ2n) is 6.39. The average molecular weight is 329 g/mol. The monoisotopic (exact) mass is 328 g/mol. The Balaban J connectivity index is 1.86. The van der Waals surface area contributed by atoms with Crippen LogP contribution in [0.25, 0.3) is 0 Å². The van der Waals surface area contributed by atoms with E-state index in [2.05, 4.69) is 6.92 Å². The smallest absolute Gasteiger partial charge is 0.0609 e. The fraction of sp³-hybridized carbons (Fsp3) is 0.667. The van der Waals surface area contributed by atoms with E-state index in [0.717, 1.165) is 24.3 Å². The Morgan fingerprint density at radius 3 is 2.33 bits per heavy atom. The Morgan fingerprint density at radius 1 is 1.14 bits per heavy atom. The highest BCUT2D eigenvalue weighted by atomic mass is 35.5. The predicted molar refractivity (Wildman–Crippen MR) is 91.1 cm³/mol. The summed E-state index contributed by atoms with van der Waals surface area (Å²) in [6, 6.07) is 5.54. The molecule has 2 rings (SSSR count). The molecule has 1 aliphatic carbocycles. The van der Waals surface area contributed by atoms with Crippen LogP contribution in [-0.4, -0.2) is 11.2 Å². The molecule has 0 aliphatic heterocycles. The van der Waals surface area contributed by atoms with E-state index in [1.807, 2.05) is 18.2 Å². The molecule has 0 heterocycles. The van der Waals surface area contributed by atoms with E-state index in [9.17, 15) is 5.11 Å². The van der Waals surface area contributed by atoms with E-state index in [1.54, 1.807) is 0 Å². The molecule has 1 aromatic rings. The molecule has 3 heteroatoms. The molecule has 0 radical (unpaired) electrons. The Hall–Kier alpha value is -0.240. The van der Waals surface area contributed by atoms with E-state index in [0.29, 0.717) is 22.4 Å². The normalized spacial score (nSPS) is 24.0. The highest BCUT2D eigenvalue weighted by Gasteiger charge is 2.27. The van der Waals surface area contributed by atoms with Gasteiger partial charge in [0.2, 0.25) is 0 Å². The van der Waals surface area contributed by atoms with Gasteiger partial charge in [-0.05, 0) is 42.4 Å². The third-order valence-corrected chi connectivity index (χ3v) is 5.58. The van der Waals surface area contributed by atoms with E-state index in [1.165, 1.54) is 32.1 Å². The highest BCUT2D eigenvalue weighted by molar-refractivity contribution is 6.35. The number of aliphatic hydroxyl groups is 1. The number of hydrogen-bond donors (Lipinski definition) is 1. The summed E-state index contributed by atoms with van der Waals surface area (Å²) in [5.41, 5.74) is 0.890. The van der Waals surface area contributed by atoms with Crippen molar-refractivity contribution in [2.24, 2.45) is 11.8 Å². The number of unbranched alkanes of at least 4 members (excludes halogenated alkanes) is 1. The standard InChI is InChI=1S/C18H26Cl2O/c1-2-3-5-13-8-10-14(11-9-13)18(21)12-15-16(19)6-4-7-17(15)20/h4,6-7,13-14,18,21H,2-3,5,8-12H2,1H3. The van der Waals surface area contributed by atoms with Crippen LogP contribution in [0, 0.1) is 11.8 Å². The molecule has 0 spiro atoms. The number of rotatable bonds is 6. The Bertz CT molecular complexity index is 419. The first-order valence-electron chi connectivity index (χ1n) is 8.22. The molecule has 21 heavy (non-hydrogen) atoms. The molecule has 1 aliphatic rings. The molecule has 1 fully saturated rings. The molecule has 1 unspecified atom stereocenters. The number of hydrogen-bond acceptors (Lipinski definition) is 1. The summed E-state index contributed by atoms with van der Waals surface area (Å²) in [6.45, 7) is 2.25. The van der Waals surface area contributed by atoms with Gasteiger partial charge in [0, 0.05) is 16.5 Å². The summed E-state index contributed by atoms with van der Waals surface area (Å²) in [5, 5.41) is 11.9. The van der Waals surface area contributed by atoms with Crippen molar-refractivity contribution in [2.75, 3.05) is 0 Å². The molecular weight excluding hydrogens is 303 g/mol. The first-order valence-corrected chi connectivity index (χ1v) is 8.98. The zero-order chi connectivity index (χ0) is 15.2. The van der Waals surface area contributed by atoms with Gasteiger partial charge in [-0.15, -0.1) is 0 Å². The predicted octanol–water partition coefficient (Wildman–Crippen LogP) is 5.89. The number of aliphatic hydroxyl groups excluding tert-OH is 1. The minimum absolute atomic E-state index is 0.325. The largest absolute Gasteiger partial charge is 0.392 e. The molecule has 0 aromatic heterocycles. The first kappa shape index (κ1) is 17.1. The summed E-state index contributed by atoms with van der Waals surface area (Å²) < 4.78 is 0. The fourth-order valence-electron chi connectivity index (χ4n) is 3.46. The zero-order valence-electron chi connectivity index (χ0n) is 12.8. The number of benzene rings is 1. The summed E-state index contributed by atoms with van der Waals surface area (Å²) in [5.74, 6) is 1.27. The van der Waals surface area contributed by atoms with Gasteiger partial charge in [-0.2, -0.15) is 0 Å². The van der Waals surface area contributed by atoms with Crippen molar-refractivity contribution >= 4 is 23.2 Å². The van der Waals surface area contributed by atoms with E-state index >= 15 is 0 Å². The van der Waals surface area contributed by atoms with Crippen LogP contribution in [-0.2, 0) is 6.42 Å². The summed E-state index contributed by atoms with van der Waals surface area (Å²) in [4.78, 5) is 0. The SMILES string of the molecule is CCCCC1CCC(C(O)Cc2c(Cl)cccc2Cl)CC1. The van der Waals surface area contributed by atoms with Crippen molar-refractivity contribution in [3.05, 3.63) is 33.8 Å². The highest BCUT2D eigenvalue weighted by Crippen LogP contribution is 2.35. The van der Waals surface area contributed by atoms with Gasteiger partial charge in [0.05, 0.1) is 6.10 Å². The molecule has 118 valence electrons. The minimum Gasteiger partial charge on any atom is -0.392 e. The van der Waals surface area contributed by atoms with Gasteiger partial charge in [0.15, 0.2) is 0 Å².